The molecular formula is C19H13Br2NS2. The Morgan fingerprint density at radius 1 is 0.833 bits per heavy atom. The molecule has 24 heavy (non-hydrogen) atoms. The number of rotatable bonds is 3. The van der Waals surface area contributed by atoms with Gasteiger partial charge in [0.15, 0.2) is 0 Å². The maximum atomic E-state index is 4.85. The van der Waals surface area contributed by atoms with E-state index in [-0.39, 0.29) is 5.41 Å². The summed E-state index contributed by atoms with van der Waals surface area (Å²) in [7, 11) is 0. The molecule has 3 aromatic rings. The summed E-state index contributed by atoms with van der Waals surface area (Å²) in [6.45, 7) is 2.28. The number of hydrogen-bond acceptors (Lipinski definition) is 3. The summed E-state index contributed by atoms with van der Waals surface area (Å²) in [5, 5.41) is 0. The first-order valence-corrected chi connectivity index (χ1v) is 10.7. The first kappa shape index (κ1) is 16.5. The van der Waals surface area contributed by atoms with E-state index >= 15 is 0 Å². The fourth-order valence-electron chi connectivity index (χ4n) is 3.10. The average Bonchev–Trinajstić information content (AvgIpc) is 3.28. The Labute approximate surface area is 166 Å². The summed E-state index contributed by atoms with van der Waals surface area (Å²) in [5.74, 6) is 0. The van der Waals surface area contributed by atoms with E-state index < -0.39 is 0 Å². The summed E-state index contributed by atoms with van der Waals surface area (Å²) >= 11 is 10.6. The van der Waals surface area contributed by atoms with Crippen LogP contribution < -0.4 is 0 Å². The van der Waals surface area contributed by atoms with Crippen LogP contribution in [0, 0.1) is 0 Å². The monoisotopic (exact) mass is 477 g/mol. The summed E-state index contributed by atoms with van der Waals surface area (Å²) in [5.41, 5.74) is 3.38. The Morgan fingerprint density at radius 2 is 1.46 bits per heavy atom. The lowest BCUT2D eigenvalue weighted by molar-refractivity contribution is 0.850. The Morgan fingerprint density at radius 3 is 2.04 bits per heavy atom. The predicted octanol–water partition coefficient (Wildman–Crippen LogP) is 7.14. The number of allylic oxidation sites excluding steroid dienone is 1. The van der Waals surface area contributed by atoms with Crippen LogP contribution in [0.3, 0.4) is 0 Å². The van der Waals surface area contributed by atoms with Crippen LogP contribution in [0.15, 0.2) is 73.4 Å². The Bertz CT molecular complexity index is 894. The van der Waals surface area contributed by atoms with Crippen molar-refractivity contribution in [3.8, 4) is 0 Å². The quantitative estimate of drug-likeness (QED) is 0.379. The molecule has 1 aromatic carbocycles. The van der Waals surface area contributed by atoms with E-state index in [1.165, 1.54) is 20.9 Å². The molecule has 0 amide bonds. The fraction of sp³-hybridized carbons (Fsp3) is 0.105. The van der Waals surface area contributed by atoms with Gasteiger partial charge in [0.1, 0.15) is 0 Å². The molecule has 0 saturated heterocycles. The second kappa shape index (κ2) is 6.37. The molecule has 0 spiro atoms. The lowest BCUT2D eigenvalue weighted by Gasteiger charge is -2.30. The van der Waals surface area contributed by atoms with Gasteiger partial charge in [0, 0.05) is 16.7 Å². The molecule has 0 saturated carbocycles. The predicted molar refractivity (Wildman–Crippen MR) is 112 cm³/mol. The van der Waals surface area contributed by atoms with Crippen molar-refractivity contribution in [2.75, 3.05) is 0 Å². The second-order valence-electron chi connectivity index (χ2n) is 5.72. The van der Waals surface area contributed by atoms with E-state index in [9.17, 15) is 0 Å². The molecule has 1 unspecified atom stereocenters. The van der Waals surface area contributed by atoms with E-state index in [4.69, 9.17) is 4.99 Å². The summed E-state index contributed by atoms with van der Waals surface area (Å²) in [6, 6.07) is 19.2. The van der Waals surface area contributed by atoms with Crippen LogP contribution in [0.5, 0.6) is 0 Å². The molecule has 3 heterocycles. The molecule has 4 rings (SSSR count). The molecule has 2 aromatic heterocycles. The van der Waals surface area contributed by atoms with E-state index in [0.717, 1.165) is 13.3 Å². The molecule has 1 nitrogen and oxygen atoms in total. The molecule has 0 aliphatic carbocycles. The van der Waals surface area contributed by atoms with Crippen molar-refractivity contribution in [1.82, 2.24) is 0 Å². The van der Waals surface area contributed by atoms with Crippen LogP contribution in [0.25, 0.3) is 5.57 Å². The van der Waals surface area contributed by atoms with Crippen molar-refractivity contribution in [3.63, 3.8) is 0 Å². The minimum Gasteiger partial charge on any atom is -0.258 e. The van der Waals surface area contributed by atoms with Crippen LogP contribution in [-0.4, -0.2) is 5.71 Å². The summed E-state index contributed by atoms with van der Waals surface area (Å²) < 4.78 is 2.27. The lowest BCUT2D eigenvalue weighted by atomic mass is 9.72. The van der Waals surface area contributed by atoms with Crippen molar-refractivity contribution in [2.24, 2.45) is 4.99 Å². The second-order valence-corrected chi connectivity index (χ2v) is 10.6. The fourth-order valence-corrected chi connectivity index (χ4v) is 6.09. The molecule has 0 radical (unpaired) electrons. The van der Waals surface area contributed by atoms with Gasteiger partial charge in [-0.15, -0.1) is 22.7 Å². The zero-order chi connectivity index (χ0) is 16.7. The molecular weight excluding hydrogens is 466 g/mol. The van der Waals surface area contributed by atoms with Crippen molar-refractivity contribution < 1.29 is 0 Å². The van der Waals surface area contributed by atoms with Gasteiger partial charge in [-0.2, -0.15) is 0 Å². The highest BCUT2D eigenvalue weighted by molar-refractivity contribution is 9.11. The third-order valence-electron chi connectivity index (χ3n) is 4.33. The van der Waals surface area contributed by atoms with Crippen molar-refractivity contribution in [1.29, 1.82) is 0 Å². The number of hydrogen-bond donors (Lipinski definition) is 0. The normalized spacial score (nSPS) is 20.1. The first-order chi connectivity index (χ1) is 11.6. The molecule has 5 heteroatoms. The standard InChI is InChI=1S/C19H13Br2NS2/c1-19(12-5-3-2-4-6-12)13(14-7-9-16(20)23-14)11-22-18(19)15-8-10-17(21)24-15/h2-11H,1H3. The van der Waals surface area contributed by atoms with Crippen LogP contribution >= 0.6 is 54.5 Å². The van der Waals surface area contributed by atoms with Gasteiger partial charge in [-0.3, -0.25) is 4.99 Å². The molecule has 0 N–H and O–H groups in total. The highest BCUT2D eigenvalue weighted by Crippen LogP contribution is 2.48. The highest BCUT2D eigenvalue weighted by Gasteiger charge is 2.42. The third kappa shape index (κ3) is 2.68. The molecule has 0 bridgehead atoms. The number of halogens is 2. The van der Waals surface area contributed by atoms with Crippen LogP contribution in [0.4, 0.5) is 0 Å². The molecule has 120 valence electrons. The van der Waals surface area contributed by atoms with Gasteiger partial charge in [0.25, 0.3) is 0 Å². The average molecular weight is 479 g/mol. The third-order valence-corrected chi connectivity index (χ3v) is 7.62. The topological polar surface area (TPSA) is 12.4 Å². The van der Waals surface area contributed by atoms with Crippen LogP contribution in [-0.2, 0) is 5.41 Å². The van der Waals surface area contributed by atoms with Gasteiger partial charge in [-0.1, -0.05) is 30.3 Å². The van der Waals surface area contributed by atoms with Crippen LogP contribution in [0.2, 0.25) is 0 Å². The van der Waals surface area contributed by atoms with Gasteiger partial charge >= 0.3 is 0 Å². The summed E-state index contributed by atoms with van der Waals surface area (Å²) in [6.07, 6.45) is 2.04. The highest BCUT2D eigenvalue weighted by atomic mass is 79.9. The SMILES string of the molecule is CC1(c2ccccc2)C(c2ccc(Br)s2)=CN=C1c1ccc(Br)s1. The Kier molecular flexibility index (Phi) is 4.37. The van der Waals surface area contributed by atoms with E-state index in [1.807, 2.05) is 6.20 Å². The number of nitrogens with zero attached hydrogens (tertiary/aromatic N) is 1. The van der Waals surface area contributed by atoms with E-state index in [2.05, 4.69) is 93.4 Å². The maximum absolute atomic E-state index is 4.85. The molecule has 1 aliphatic rings. The van der Waals surface area contributed by atoms with Gasteiger partial charge < -0.3 is 0 Å². The zero-order valence-electron chi connectivity index (χ0n) is 12.8. The van der Waals surface area contributed by atoms with Gasteiger partial charge in [0.2, 0.25) is 0 Å². The van der Waals surface area contributed by atoms with Gasteiger partial charge in [-0.05, 0) is 68.6 Å². The number of benzene rings is 1. The molecule has 1 aliphatic heterocycles. The lowest BCUT2D eigenvalue weighted by Crippen LogP contribution is -2.31. The minimum atomic E-state index is -0.254. The van der Waals surface area contributed by atoms with Gasteiger partial charge in [0.05, 0.1) is 23.6 Å². The smallest absolute Gasteiger partial charge is 0.0723 e. The zero-order valence-corrected chi connectivity index (χ0v) is 17.6. The minimum absolute atomic E-state index is 0.254. The number of thiophene rings is 2. The summed E-state index contributed by atoms with van der Waals surface area (Å²) in [4.78, 5) is 7.31. The Hall–Kier alpha value is -1.01. The van der Waals surface area contributed by atoms with Gasteiger partial charge in [-0.25, -0.2) is 0 Å². The number of aliphatic imine (C=N–C) groups is 1. The largest absolute Gasteiger partial charge is 0.258 e. The van der Waals surface area contributed by atoms with E-state index in [1.54, 1.807) is 22.7 Å². The Balaban J connectivity index is 1.89. The molecule has 0 fully saturated rings. The van der Waals surface area contributed by atoms with Crippen molar-refractivity contribution in [3.05, 3.63) is 83.7 Å². The first-order valence-electron chi connectivity index (χ1n) is 7.45. The van der Waals surface area contributed by atoms with Crippen LogP contribution in [0.1, 0.15) is 22.2 Å². The molecule has 1 atom stereocenters. The van der Waals surface area contributed by atoms with E-state index in [0.29, 0.717) is 0 Å². The van der Waals surface area contributed by atoms with Crippen molar-refractivity contribution >= 4 is 65.8 Å². The maximum Gasteiger partial charge on any atom is 0.0723 e. The van der Waals surface area contributed by atoms with Crippen molar-refractivity contribution in [2.45, 2.75) is 12.3 Å².